The van der Waals surface area contributed by atoms with Crippen LogP contribution in [0.15, 0.2) is 84.3 Å². The number of nitrogens with zero attached hydrogens (tertiary/aromatic N) is 6. The zero-order valence-electron chi connectivity index (χ0n) is 27.3. The second-order valence-electron chi connectivity index (χ2n) is 13.3. The molecular formula is C35H39N9O2Si. The molecule has 0 aliphatic carbocycles. The fourth-order valence-corrected chi connectivity index (χ4v) is 6.85. The van der Waals surface area contributed by atoms with Gasteiger partial charge in [-0.2, -0.15) is 5.10 Å². The number of nitrogen functional groups attached to an aromatic ring is 1. The first kappa shape index (κ1) is 30.5. The van der Waals surface area contributed by atoms with Gasteiger partial charge in [0.05, 0.1) is 17.1 Å². The molecule has 7 aromatic rings. The molecule has 0 saturated carbocycles. The molecule has 5 heterocycles. The molecule has 0 radical (unpaired) electrons. The Morgan fingerprint density at radius 3 is 2.66 bits per heavy atom. The lowest BCUT2D eigenvalue weighted by molar-refractivity contribution is 0.0899. The summed E-state index contributed by atoms with van der Waals surface area (Å²) in [6.07, 6.45) is 7.36. The van der Waals surface area contributed by atoms with E-state index in [-0.39, 0.29) is 5.56 Å². The standard InChI is InChI=1S/C35H39N9O2Si/c1-22-12-14-43-31(22)35(45)44(25-9-7-6-8-10-25)33(41-43)23(2)40-32-30-28(27-17-24(36)18-29-26(27)11-13-37-29)19-42(34(30)39-20-38-32)21-46-15-16-47(3,4)5/h6-14,17-20,23,37H,15-16,21,36H2,1-5H3,(H,38,39,40). The summed E-state index contributed by atoms with van der Waals surface area (Å²) in [5.74, 6) is 1.16. The highest BCUT2D eigenvalue weighted by atomic mass is 28.3. The van der Waals surface area contributed by atoms with E-state index in [1.165, 1.54) is 0 Å². The van der Waals surface area contributed by atoms with Gasteiger partial charge in [-0.1, -0.05) is 37.8 Å². The number of aryl methyl sites for hydroxylation is 1. The molecule has 7 rings (SSSR count). The van der Waals surface area contributed by atoms with Crippen molar-refractivity contribution < 1.29 is 4.74 Å². The molecule has 5 aromatic heterocycles. The van der Waals surface area contributed by atoms with Crippen LogP contribution in [0, 0.1) is 6.92 Å². The number of para-hydroxylation sites is 1. The number of H-pyrrole nitrogens is 1. The fraction of sp³-hybridized carbons (Fsp3) is 0.257. The number of benzene rings is 2. The molecule has 2 aromatic carbocycles. The van der Waals surface area contributed by atoms with E-state index in [9.17, 15) is 4.79 Å². The van der Waals surface area contributed by atoms with Gasteiger partial charge < -0.3 is 25.3 Å². The maximum atomic E-state index is 14.0. The second kappa shape index (κ2) is 11.9. The molecule has 1 unspecified atom stereocenters. The normalized spacial score (nSPS) is 12.8. The van der Waals surface area contributed by atoms with Crippen LogP contribution in [-0.2, 0) is 11.5 Å². The van der Waals surface area contributed by atoms with Gasteiger partial charge >= 0.3 is 0 Å². The number of hydrogen-bond acceptors (Lipinski definition) is 7. The summed E-state index contributed by atoms with van der Waals surface area (Å²) in [6.45, 7) is 12.0. The first-order valence-electron chi connectivity index (χ1n) is 15.8. The third kappa shape index (κ3) is 5.70. The van der Waals surface area contributed by atoms with Crippen LogP contribution in [0.25, 0.3) is 44.3 Å². The van der Waals surface area contributed by atoms with E-state index in [0.29, 0.717) is 36.2 Å². The van der Waals surface area contributed by atoms with E-state index in [4.69, 9.17) is 25.5 Å². The lowest BCUT2D eigenvalue weighted by Crippen LogP contribution is -2.29. The number of ether oxygens (including phenoxy) is 1. The van der Waals surface area contributed by atoms with Crippen molar-refractivity contribution >= 4 is 47.0 Å². The molecule has 0 spiro atoms. The third-order valence-electron chi connectivity index (χ3n) is 8.53. The number of aromatic nitrogens is 7. The van der Waals surface area contributed by atoms with Crippen LogP contribution in [0.4, 0.5) is 11.5 Å². The van der Waals surface area contributed by atoms with Crippen molar-refractivity contribution in [2.75, 3.05) is 17.7 Å². The fourth-order valence-electron chi connectivity index (χ4n) is 6.10. The highest BCUT2D eigenvalue weighted by Crippen LogP contribution is 2.39. The summed E-state index contributed by atoms with van der Waals surface area (Å²) in [5, 5.41) is 10.4. The van der Waals surface area contributed by atoms with Gasteiger partial charge in [0.25, 0.3) is 5.56 Å². The smallest absolute Gasteiger partial charge is 0.282 e. The van der Waals surface area contributed by atoms with Crippen molar-refractivity contribution in [2.24, 2.45) is 0 Å². The van der Waals surface area contributed by atoms with Gasteiger partial charge in [0.15, 0.2) is 5.82 Å². The lowest BCUT2D eigenvalue weighted by atomic mass is 10.0. The van der Waals surface area contributed by atoms with Crippen LogP contribution in [0.1, 0.15) is 24.4 Å². The molecule has 0 aliphatic rings. The summed E-state index contributed by atoms with van der Waals surface area (Å²) in [7, 11) is -1.25. The number of aromatic amines is 1. The van der Waals surface area contributed by atoms with Gasteiger partial charge in [0.2, 0.25) is 0 Å². The summed E-state index contributed by atoms with van der Waals surface area (Å²) in [5.41, 5.74) is 12.6. The van der Waals surface area contributed by atoms with Gasteiger partial charge in [-0.3, -0.25) is 9.36 Å². The molecule has 1 atom stereocenters. The average Bonchev–Trinajstić information content (AvgIpc) is 3.76. The van der Waals surface area contributed by atoms with Crippen LogP contribution in [0.5, 0.6) is 0 Å². The third-order valence-corrected chi connectivity index (χ3v) is 10.2. The minimum absolute atomic E-state index is 0.137. The average molecular weight is 646 g/mol. The summed E-state index contributed by atoms with van der Waals surface area (Å²) >= 11 is 0. The molecule has 0 fully saturated rings. The van der Waals surface area contributed by atoms with Crippen molar-refractivity contribution in [3.63, 3.8) is 0 Å². The second-order valence-corrected chi connectivity index (χ2v) is 18.9. The van der Waals surface area contributed by atoms with Crippen LogP contribution in [0.3, 0.4) is 0 Å². The van der Waals surface area contributed by atoms with Crippen molar-refractivity contribution in [2.45, 2.75) is 52.3 Å². The number of anilines is 2. The van der Waals surface area contributed by atoms with E-state index >= 15 is 0 Å². The van der Waals surface area contributed by atoms with Crippen LogP contribution >= 0.6 is 0 Å². The van der Waals surface area contributed by atoms with Gasteiger partial charge in [-0.25, -0.2) is 14.5 Å². The van der Waals surface area contributed by atoms with E-state index < -0.39 is 14.1 Å². The Morgan fingerprint density at radius 1 is 1.06 bits per heavy atom. The monoisotopic (exact) mass is 645 g/mol. The number of rotatable bonds is 10. The Balaban J connectivity index is 1.37. The topological polar surface area (TPSA) is 133 Å². The SMILES string of the molecule is Cc1ccn2nc(C(C)Nc3ncnc4c3c(-c3cc(N)cc5[nH]ccc35)cn4COCC[Si](C)(C)C)n(-c3ccccc3)c(=O)c12. The molecule has 0 bridgehead atoms. The Morgan fingerprint density at radius 2 is 1.87 bits per heavy atom. The zero-order chi connectivity index (χ0) is 32.9. The van der Waals surface area contributed by atoms with Crippen LogP contribution in [-0.4, -0.2) is 48.4 Å². The predicted octanol–water partition coefficient (Wildman–Crippen LogP) is 6.75. The molecule has 47 heavy (non-hydrogen) atoms. The highest BCUT2D eigenvalue weighted by Gasteiger charge is 2.24. The summed E-state index contributed by atoms with van der Waals surface area (Å²) < 4.78 is 11.6. The van der Waals surface area contributed by atoms with Gasteiger partial charge in [0, 0.05) is 55.4 Å². The van der Waals surface area contributed by atoms with E-state index in [0.717, 1.165) is 50.4 Å². The molecule has 4 N–H and O–H groups in total. The molecule has 240 valence electrons. The Bertz CT molecular complexity index is 2290. The first-order chi connectivity index (χ1) is 22.6. The Kier molecular flexibility index (Phi) is 7.69. The number of fused-ring (bicyclic) bond motifs is 3. The molecule has 0 amide bonds. The molecule has 0 aliphatic heterocycles. The van der Waals surface area contributed by atoms with Crippen LogP contribution in [0.2, 0.25) is 25.7 Å². The van der Waals surface area contributed by atoms with E-state index in [1.807, 2.05) is 85.4 Å². The van der Waals surface area contributed by atoms with E-state index in [1.54, 1.807) is 15.4 Å². The minimum atomic E-state index is -1.25. The molecule has 11 nitrogen and oxygen atoms in total. The maximum Gasteiger partial charge on any atom is 0.282 e. The van der Waals surface area contributed by atoms with Crippen molar-refractivity contribution in [1.82, 2.24) is 33.7 Å². The molecular weight excluding hydrogens is 607 g/mol. The predicted molar refractivity (Wildman–Crippen MR) is 191 cm³/mol. The molecule has 0 saturated heterocycles. The van der Waals surface area contributed by atoms with Crippen molar-refractivity contribution in [3.05, 3.63) is 101 Å². The van der Waals surface area contributed by atoms with Crippen molar-refractivity contribution in [1.29, 1.82) is 0 Å². The van der Waals surface area contributed by atoms with Gasteiger partial charge in [-0.15, -0.1) is 0 Å². The summed E-state index contributed by atoms with van der Waals surface area (Å²) in [4.78, 5) is 26.8. The molecule has 12 heteroatoms. The Hall–Kier alpha value is -5.20. The van der Waals surface area contributed by atoms with Gasteiger partial charge in [-0.05, 0) is 67.4 Å². The number of nitrogens with one attached hydrogen (secondary N) is 2. The number of hydrogen-bond donors (Lipinski definition) is 3. The van der Waals surface area contributed by atoms with Gasteiger partial charge in [0.1, 0.15) is 30.0 Å². The first-order valence-corrected chi connectivity index (χ1v) is 19.5. The summed E-state index contributed by atoms with van der Waals surface area (Å²) in [6, 6.07) is 18.1. The highest BCUT2D eigenvalue weighted by molar-refractivity contribution is 6.76. The largest absolute Gasteiger partial charge is 0.399 e. The minimum Gasteiger partial charge on any atom is -0.399 e. The zero-order valence-corrected chi connectivity index (χ0v) is 28.3. The Labute approximate surface area is 273 Å². The van der Waals surface area contributed by atoms with Crippen LogP contribution < -0.4 is 16.6 Å². The number of nitrogens with two attached hydrogens (primary N) is 1. The quantitative estimate of drug-likeness (QED) is 0.0851. The lowest BCUT2D eigenvalue weighted by Gasteiger charge is -2.20. The maximum absolute atomic E-state index is 14.0. The van der Waals surface area contributed by atoms with E-state index in [2.05, 4.69) is 36.1 Å². The van der Waals surface area contributed by atoms with Crippen molar-refractivity contribution in [3.8, 4) is 16.8 Å².